The first-order chi connectivity index (χ1) is 12.7. The summed E-state index contributed by atoms with van der Waals surface area (Å²) in [6.45, 7) is 7.17. The van der Waals surface area contributed by atoms with Crippen molar-refractivity contribution in [3.8, 4) is 0 Å². The van der Waals surface area contributed by atoms with Crippen LogP contribution in [0, 0.1) is 0 Å². The van der Waals surface area contributed by atoms with Crippen LogP contribution in [-0.2, 0) is 10.2 Å². The number of halogens is 1. The van der Waals surface area contributed by atoms with Gasteiger partial charge in [-0.3, -0.25) is 0 Å². The van der Waals surface area contributed by atoms with Gasteiger partial charge >= 0.3 is 6.09 Å². The molecule has 0 aromatic heterocycles. The normalized spacial score (nSPS) is 23.1. The molecule has 0 saturated heterocycles. The van der Waals surface area contributed by atoms with Crippen LogP contribution in [0.15, 0.2) is 24.3 Å². The van der Waals surface area contributed by atoms with E-state index in [9.17, 15) is 4.79 Å². The van der Waals surface area contributed by atoms with Crippen LogP contribution in [0.3, 0.4) is 0 Å². The van der Waals surface area contributed by atoms with Gasteiger partial charge in [-0.15, -0.1) is 0 Å². The van der Waals surface area contributed by atoms with Crippen LogP contribution < -0.4 is 10.6 Å². The summed E-state index contributed by atoms with van der Waals surface area (Å²) in [6.07, 6.45) is 4.35. The van der Waals surface area contributed by atoms with E-state index in [1.807, 2.05) is 39.0 Å². The van der Waals surface area contributed by atoms with Gasteiger partial charge < -0.3 is 20.5 Å². The molecular weight excluding hydrogens is 364 g/mol. The maximum atomic E-state index is 12.2. The van der Waals surface area contributed by atoms with E-state index in [1.54, 1.807) is 0 Å². The van der Waals surface area contributed by atoms with Gasteiger partial charge in [0.05, 0.1) is 0 Å². The Bertz CT molecular complexity index is 608. The average Bonchev–Trinajstić information content (AvgIpc) is 2.60. The number of nitrogens with one attached hydrogen (secondary N) is 2. The van der Waals surface area contributed by atoms with Gasteiger partial charge in [0.2, 0.25) is 0 Å². The lowest BCUT2D eigenvalue weighted by Gasteiger charge is -2.41. The highest BCUT2D eigenvalue weighted by Gasteiger charge is 2.37. The van der Waals surface area contributed by atoms with Crippen molar-refractivity contribution in [2.24, 2.45) is 0 Å². The van der Waals surface area contributed by atoms with Crippen LogP contribution in [0.1, 0.15) is 58.4 Å². The van der Waals surface area contributed by atoms with E-state index in [0.29, 0.717) is 17.6 Å². The van der Waals surface area contributed by atoms with Gasteiger partial charge in [0.15, 0.2) is 0 Å². The Kier molecular flexibility index (Phi) is 7.95. The van der Waals surface area contributed by atoms with Gasteiger partial charge in [-0.25, -0.2) is 4.79 Å². The molecule has 1 amide bonds. The first-order valence-electron chi connectivity index (χ1n) is 9.81. The summed E-state index contributed by atoms with van der Waals surface area (Å²) in [6, 6.07) is 8.41. The van der Waals surface area contributed by atoms with E-state index < -0.39 is 5.60 Å². The minimum absolute atomic E-state index is 0.142. The lowest BCUT2D eigenvalue weighted by molar-refractivity contribution is 0.0506. The van der Waals surface area contributed by atoms with Gasteiger partial charge in [-0.2, -0.15) is 0 Å². The molecule has 6 heteroatoms. The number of alkyl carbamates (subject to hydrolysis) is 1. The molecule has 0 heterocycles. The smallest absolute Gasteiger partial charge is 0.407 e. The van der Waals surface area contributed by atoms with E-state index in [0.717, 1.165) is 38.6 Å². The second-order valence-electron chi connectivity index (χ2n) is 8.45. The summed E-state index contributed by atoms with van der Waals surface area (Å²) in [5.41, 5.74) is 0.512. The number of ether oxygens (including phenoxy) is 1. The third kappa shape index (κ3) is 6.98. The third-order valence-electron chi connectivity index (χ3n) is 5.12. The summed E-state index contributed by atoms with van der Waals surface area (Å²) in [5.74, 6) is 0. The van der Waals surface area contributed by atoms with Crippen molar-refractivity contribution in [3.63, 3.8) is 0 Å². The summed E-state index contributed by atoms with van der Waals surface area (Å²) in [7, 11) is 0. The molecule has 3 N–H and O–H groups in total. The highest BCUT2D eigenvalue weighted by Crippen LogP contribution is 2.40. The van der Waals surface area contributed by atoms with Crippen LogP contribution in [0.4, 0.5) is 4.79 Å². The number of aliphatic hydroxyl groups excluding tert-OH is 1. The highest BCUT2D eigenvalue weighted by atomic mass is 35.5. The van der Waals surface area contributed by atoms with Crippen molar-refractivity contribution in [2.45, 2.75) is 69.9 Å². The minimum atomic E-state index is -0.512. The monoisotopic (exact) mass is 396 g/mol. The van der Waals surface area contributed by atoms with Gasteiger partial charge in [0.1, 0.15) is 5.60 Å². The predicted molar refractivity (Wildman–Crippen MR) is 109 cm³/mol. The molecule has 1 saturated carbocycles. The van der Waals surface area contributed by atoms with E-state index >= 15 is 0 Å². The molecule has 0 unspecified atom stereocenters. The first-order valence-corrected chi connectivity index (χ1v) is 10.2. The van der Waals surface area contributed by atoms with Gasteiger partial charge in [-0.1, -0.05) is 23.7 Å². The molecule has 2 rings (SSSR count). The predicted octanol–water partition coefficient (Wildman–Crippen LogP) is 4.02. The minimum Gasteiger partial charge on any atom is -0.444 e. The highest BCUT2D eigenvalue weighted by molar-refractivity contribution is 6.30. The number of carbonyl (C=O) groups is 1. The molecule has 1 fully saturated rings. The Morgan fingerprint density at radius 3 is 2.63 bits per heavy atom. The quantitative estimate of drug-likeness (QED) is 0.609. The molecule has 0 radical (unpaired) electrons. The first kappa shape index (κ1) is 22.0. The SMILES string of the molecule is CC(C)(C)OC(=O)NC[C@]1(c2cccc(Cl)c2)CC[C@H](NCCCO)CC1. The Hall–Kier alpha value is -1.30. The number of amides is 1. The topological polar surface area (TPSA) is 70.6 Å². The number of hydrogen-bond donors (Lipinski definition) is 3. The average molecular weight is 397 g/mol. The van der Waals surface area contributed by atoms with Crippen molar-refractivity contribution >= 4 is 17.7 Å². The van der Waals surface area contributed by atoms with Gasteiger partial charge in [0.25, 0.3) is 0 Å². The standard InChI is InChI=1S/C21H33ClN2O3/c1-20(2,3)27-19(26)24-15-21(16-6-4-7-17(22)14-16)10-8-18(9-11-21)23-12-5-13-25/h4,6-7,14,18,23,25H,5,8-13,15H2,1-3H3,(H,24,26)/t18-,21-. The van der Waals surface area contributed by atoms with Crippen molar-refractivity contribution < 1.29 is 14.6 Å². The molecule has 27 heavy (non-hydrogen) atoms. The summed E-state index contributed by atoms with van der Waals surface area (Å²) in [4.78, 5) is 12.2. The van der Waals surface area contributed by atoms with Crippen molar-refractivity contribution in [1.82, 2.24) is 10.6 Å². The number of aliphatic hydroxyl groups is 1. The summed E-state index contributed by atoms with van der Waals surface area (Å²) in [5, 5.41) is 16.2. The van der Waals surface area contributed by atoms with E-state index in [4.69, 9.17) is 21.4 Å². The second kappa shape index (κ2) is 9.76. The molecule has 0 atom stereocenters. The van der Waals surface area contributed by atoms with Crippen molar-refractivity contribution in [3.05, 3.63) is 34.9 Å². The lowest BCUT2D eigenvalue weighted by Crippen LogP contribution is -2.47. The number of rotatable bonds is 7. The van der Waals surface area contributed by atoms with E-state index in [1.165, 1.54) is 5.56 Å². The maximum absolute atomic E-state index is 12.2. The fraction of sp³-hybridized carbons (Fsp3) is 0.667. The Balaban J connectivity index is 2.06. The molecule has 0 bridgehead atoms. The Morgan fingerprint density at radius 1 is 1.33 bits per heavy atom. The fourth-order valence-corrected chi connectivity index (χ4v) is 3.89. The van der Waals surface area contributed by atoms with E-state index in [2.05, 4.69) is 16.7 Å². The number of carbonyl (C=O) groups excluding carboxylic acids is 1. The van der Waals surface area contributed by atoms with Crippen LogP contribution in [0.5, 0.6) is 0 Å². The van der Waals surface area contributed by atoms with Crippen LogP contribution in [0.25, 0.3) is 0 Å². The zero-order valence-electron chi connectivity index (χ0n) is 16.7. The van der Waals surface area contributed by atoms with Crippen LogP contribution in [0.2, 0.25) is 5.02 Å². The number of benzene rings is 1. The molecule has 1 aromatic carbocycles. The number of hydrogen-bond acceptors (Lipinski definition) is 4. The van der Waals surface area contributed by atoms with Crippen molar-refractivity contribution in [2.75, 3.05) is 19.7 Å². The maximum Gasteiger partial charge on any atom is 0.407 e. The Labute approximate surface area is 167 Å². The Morgan fingerprint density at radius 2 is 2.04 bits per heavy atom. The lowest BCUT2D eigenvalue weighted by atomic mass is 9.68. The molecule has 0 aliphatic heterocycles. The molecule has 1 aliphatic rings. The third-order valence-corrected chi connectivity index (χ3v) is 5.35. The molecular formula is C21H33ClN2O3. The summed E-state index contributed by atoms with van der Waals surface area (Å²) < 4.78 is 5.41. The van der Waals surface area contributed by atoms with Crippen LogP contribution >= 0.6 is 11.6 Å². The summed E-state index contributed by atoms with van der Waals surface area (Å²) >= 11 is 6.24. The molecule has 1 aliphatic carbocycles. The van der Waals surface area contributed by atoms with Crippen molar-refractivity contribution in [1.29, 1.82) is 0 Å². The van der Waals surface area contributed by atoms with E-state index in [-0.39, 0.29) is 18.1 Å². The fourth-order valence-electron chi connectivity index (χ4n) is 3.70. The largest absolute Gasteiger partial charge is 0.444 e. The molecule has 1 aromatic rings. The van der Waals surface area contributed by atoms with Gasteiger partial charge in [-0.05, 0) is 77.1 Å². The van der Waals surface area contributed by atoms with Crippen LogP contribution in [-0.4, -0.2) is 42.5 Å². The zero-order chi connectivity index (χ0) is 19.9. The molecule has 5 nitrogen and oxygen atoms in total. The van der Waals surface area contributed by atoms with Gasteiger partial charge in [0, 0.05) is 29.6 Å². The second-order valence-corrected chi connectivity index (χ2v) is 8.89. The zero-order valence-corrected chi connectivity index (χ0v) is 17.4. The molecule has 152 valence electrons. The molecule has 0 spiro atoms.